The number of hydrogen-bond donors (Lipinski definition) is 1. The SMILES string of the molecule is COc1ccc(C2=NC(c3ccc(S(C)(=O)=O)cc3)C(c3ccc(Cl)cc3)N2C(=O)N2CCNC(=O)C2)cc1. The number of hydrogen-bond acceptors (Lipinski definition) is 6. The highest BCUT2D eigenvalue weighted by Crippen LogP contribution is 2.44. The van der Waals surface area contributed by atoms with E-state index in [-0.39, 0.29) is 23.4 Å². The van der Waals surface area contributed by atoms with Crippen molar-refractivity contribution in [3.8, 4) is 5.75 Å². The third-order valence-electron chi connectivity index (χ3n) is 6.79. The molecule has 0 saturated carbocycles. The quantitative estimate of drug-likeness (QED) is 0.505. The van der Waals surface area contributed by atoms with Gasteiger partial charge >= 0.3 is 6.03 Å². The summed E-state index contributed by atoms with van der Waals surface area (Å²) in [6.07, 6.45) is 1.16. The van der Waals surface area contributed by atoms with Crippen LogP contribution in [0.2, 0.25) is 5.02 Å². The van der Waals surface area contributed by atoms with E-state index in [1.807, 2.05) is 24.3 Å². The molecule has 0 aliphatic carbocycles. The van der Waals surface area contributed by atoms with E-state index >= 15 is 0 Å². The van der Waals surface area contributed by atoms with Gasteiger partial charge in [0.2, 0.25) is 5.91 Å². The first-order valence-corrected chi connectivity index (χ1v) is 14.5. The highest BCUT2D eigenvalue weighted by atomic mass is 35.5. The molecule has 2 atom stereocenters. The van der Waals surface area contributed by atoms with Gasteiger partial charge in [-0.1, -0.05) is 35.9 Å². The molecule has 202 valence electrons. The van der Waals surface area contributed by atoms with Gasteiger partial charge in [0.05, 0.1) is 18.0 Å². The molecule has 0 aromatic heterocycles. The topological polar surface area (TPSA) is 108 Å². The van der Waals surface area contributed by atoms with Crippen LogP contribution >= 0.6 is 11.6 Å². The highest BCUT2D eigenvalue weighted by molar-refractivity contribution is 7.90. The molecule has 5 rings (SSSR count). The van der Waals surface area contributed by atoms with Crippen LogP contribution < -0.4 is 10.1 Å². The van der Waals surface area contributed by atoms with Crippen LogP contribution in [0, 0.1) is 0 Å². The number of piperazine rings is 1. The molecule has 1 N–H and O–H groups in total. The van der Waals surface area contributed by atoms with Gasteiger partial charge in [-0.05, 0) is 59.7 Å². The third-order valence-corrected chi connectivity index (χ3v) is 8.17. The summed E-state index contributed by atoms with van der Waals surface area (Å²) < 4.78 is 29.5. The molecule has 1 saturated heterocycles. The number of rotatable bonds is 5. The molecule has 39 heavy (non-hydrogen) atoms. The monoisotopic (exact) mass is 566 g/mol. The summed E-state index contributed by atoms with van der Waals surface area (Å²) in [4.78, 5) is 34.7. The van der Waals surface area contributed by atoms with E-state index in [0.29, 0.717) is 35.3 Å². The molecule has 11 heteroatoms. The van der Waals surface area contributed by atoms with E-state index in [1.54, 1.807) is 60.5 Å². The maximum atomic E-state index is 14.1. The summed E-state index contributed by atoms with van der Waals surface area (Å²) >= 11 is 6.19. The first kappa shape index (κ1) is 26.7. The normalized spacial score (nSPS) is 19.5. The van der Waals surface area contributed by atoms with E-state index in [2.05, 4.69) is 5.32 Å². The van der Waals surface area contributed by atoms with Crippen LogP contribution in [0.5, 0.6) is 5.75 Å². The molecular weight excluding hydrogens is 540 g/mol. The number of aliphatic imine (C=N–C) groups is 1. The van der Waals surface area contributed by atoms with E-state index < -0.39 is 21.9 Å². The zero-order valence-electron chi connectivity index (χ0n) is 21.4. The molecule has 0 bridgehead atoms. The summed E-state index contributed by atoms with van der Waals surface area (Å²) in [7, 11) is -1.81. The van der Waals surface area contributed by atoms with Crippen LogP contribution in [-0.4, -0.2) is 69.0 Å². The Morgan fingerprint density at radius 1 is 1.00 bits per heavy atom. The fourth-order valence-electron chi connectivity index (χ4n) is 4.82. The van der Waals surface area contributed by atoms with E-state index in [1.165, 1.54) is 4.90 Å². The number of benzene rings is 3. The van der Waals surface area contributed by atoms with Crippen LogP contribution in [0.25, 0.3) is 0 Å². The van der Waals surface area contributed by atoms with Crippen molar-refractivity contribution in [1.82, 2.24) is 15.1 Å². The van der Waals surface area contributed by atoms with Crippen molar-refractivity contribution >= 4 is 39.2 Å². The zero-order chi connectivity index (χ0) is 27.7. The first-order valence-electron chi connectivity index (χ1n) is 12.3. The second kappa shape index (κ2) is 10.7. The second-order valence-electron chi connectivity index (χ2n) is 9.39. The summed E-state index contributed by atoms with van der Waals surface area (Å²) in [5.74, 6) is 0.864. The number of nitrogens with zero attached hydrogens (tertiary/aromatic N) is 3. The molecule has 2 aliphatic heterocycles. The van der Waals surface area contributed by atoms with Crippen LogP contribution in [-0.2, 0) is 14.6 Å². The van der Waals surface area contributed by atoms with Gasteiger partial charge in [0.1, 0.15) is 24.2 Å². The van der Waals surface area contributed by atoms with Gasteiger partial charge in [0, 0.05) is 29.9 Å². The number of nitrogens with one attached hydrogen (secondary N) is 1. The lowest BCUT2D eigenvalue weighted by Gasteiger charge is -2.35. The van der Waals surface area contributed by atoms with E-state index in [4.69, 9.17) is 21.3 Å². The first-order chi connectivity index (χ1) is 18.7. The van der Waals surface area contributed by atoms with Crippen LogP contribution in [0.4, 0.5) is 4.79 Å². The van der Waals surface area contributed by atoms with Gasteiger partial charge < -0.3 is 15.0 Å². The van der Waals surface area contributed by atoms with Crippen LogP contribution in [0.3, 0.4) is 0 Å². The van der Waals surface area contributed by atoms with Gasteiger partial charge in [0.25, 0.3) is 0 Å². The van der Waals surface area contributed by atoms with Crippen molar-refractivity contribution in [2.24, 2.45) is 4.99 Å². The highest BCUT2D eigenvalue weighted by Gasteiger charge is 2.44. The van der Waals surface area contributed by atoms with Crippen molar-refractivity contribution in [2.45, 2.75) is 17.0 Å². The lowest BCUT2D eigenvalue weighted by Crippen LogP contribution is -2.55. The largest absolute Gasteiger partial charge is 0.497 e. The van der Waals surface area contributed by atoms with Crippen molar-refractivity contribution < 1.29 is 22.7 Å². The number of methoxy groups -OCH3 is 1. The Balaban J connectivity index is 1.66. The summed E-state index contributed by atoms with van der Waals surface area (Å²) in [5, 5.41) is 3.30. The number of carbonyl (C=O) groups is 2. The van der Waals surface area contributed by atoms with Gasteiger partial charge in [-0.15, -0.1) is 0 Å². The Labute approximate surface area is 232 Å². The molecule has 0 spiro atoms. The Kier molecular flexibility index (Phi) is 7.33. The number of ether oxygens (including phenoxy) is 1. The fourth-order valence-corrected chi connectivity index (χ4v) is 5.57. The van der Waals surface area contributed by atoms with Gasteiger partial charge in [0.15, 0.2) is 9.84 Å². The van der Waals surface area contributed by atoms with E-state index in [0.717, 1.165) is 17.4 Å². The number of sulfone groups is 1. The molecule has 0 radical (unpaired) electrons. The standard InChI is InChI=1S/C28H27ClN4O5S/c1-38-22-11-5-20(6-12-22)27-31-25(18-7-13-23(14-8-18)39(2,36)37)26(19-3-9-21(29)10-4-19)33(27)28(35)32-16-15-30-24(34)17-32/h3-14,25-26H,15-17H2,1-2H3,(H,30,34). The number of carbonyl (C=O) groups excluding carboxylic acids is 2. The Hall–Kier alpha value is -3.89. The summed E-state index contributed by atoms with van der Waals surface area (Å²) in [6.45, 7) is 0.653. The molecule has 2 heterocycles. The zero-order valence-corrected chi connectivity index (χ0v) is 22.9. The lowest BCUT2D eigenvalue weighted by molar-refractivity contribution is -0.123. The lowest BCUT2D eigenvalue weighted by atomic mass is 9.93. The third kappa shape index (κ3) is 5.48. The Morgan fingerprint density at radius 3 is 2.23 bits per heavy atom. The molecule has 3 aromatic rings. The molecule has 3 aromatic carbocycles. The molecular formula is C28H27ClN4O5S. The van der Waals surface area contributed by atoms with Crippen molar-refractivity contribution in [1.29, 1.82) is 0 Å². The average Bonchev–Trinajstić information content (AvgIpc) is 3.33. The summed E-state index contributed by atoms with van der Waals surface area (Å²) in [6, 6.07) is 19.5. The molecule has 3 amide bonds. The Morgan fingerprint density at radius 2 is 1.64 bits per heavy atom. The maximum Gasteiger partial charge on any atom is 0.326 e. The predicted octanol–water partition coefficient (Wildman–Crippen LogP) is 3.85. The van der Waals surface area contributed by atoms with Crippen LogP contribution in [0.1, 0.15) is 28.8 Å². The minimum atomic E-state index is -3.39. The number of halogens is 1. The average molecular weight is 567 g/mol. The Bertz CT molecular complexity index is 1520. The maximum absolute atomic E-state index is 14.1. The molecule has 2 unspecified atom stereocenters. The minimum Gasteiger partial charge on any atom is -0.497 e. The summed E-state index contributed by atoms with van der Waals surface area (Å²) in [5.41, 5.74) is 2.22. The molecule has 2 aliphatic rings. The smallest absolute Gasteiger partial charge is 0.326 e. The van der Waals surface area contributed by atoms with Gasteiger partial charge in [-0.3, -0.25) is 14.7 Å². The number of amidine groups is 1. The fraction of sp³-hybridized carbons (Fsp3) is 0.250. The number of amides is 3. The van der Waals surface area contributed by atoms with Crippen molar-refractivity contribution in [3.63, 3.8) is 0 Å². The van der Waals surface area contributed by atoms with Crippen LogP contribution in [0.15, 0.2) is 82.7 Å². The second-order valence-corrected chi connectivity index (χ2v) is 11.8. The van der Waals surface area contributed by atoms with E-state index in [9.17, 15) is 18.0 Å². The van der Waals surface area contributed by atoms with Crippen molar-refractivity contribution in [2.75, 3.05) is 33.0 Å². The van der Waals surface area contributed by atoms with Crippen molar-refractivity contribution in [3.05, 3.63) is 94.5 Å². The molecule has 1 fully saturated rings. The number of urea groups is 1. The molecule has 9 nitrogen and oxygen atoms in total. The predicted molar refractivity (Wildman–Crippen MR) is 148 cm³/mol. The minimum absolute atomic E-state index is 0.0632. The van der Waals surface area contributed by atoms with Gasteiger partial charge in [-0.25, -0.2) is 13.2 Å². The van der Waals surface area contributed by atoms with Gasteiger partial charge in [-0.2, -0.15) is 0 Å².